The van der Waals surface area contributed by atoms with Gasteiger partial charge in [0.1, 0.15) is 0 Å². The van der Waals surface area contributed by atoms with E-state index in [4.69, 9.17) is 21.1 Å². The molecule has 0 spiro atoms. The molecule has 7 heteroatoms. The van der Waals surface area contributed by atoms with Gasteiger partial charge < -0.3 is 14.8 Å². The Kier molecular flexibility index (Phi) is 5.82. The fourth-order valence-corrected chi connectivity index (χ4v) is 2.09. The van der Waals surface area contributed by atoms with Crippen LogP contribution in [-0.4, -0.2) is 26.5 Å². The average Bonchev–Trinajstić information content (AvgIpc) is 2.54. The molecule has 0 bridgehead atoms. The second-order valence-corrected chi connectivity index (χ2v) is 4.85. The van der Waals surface area contributed by atoms with E-state index < -0.39 is 6.03 Å². The number of hydrogen-bond acceptors (Lipinski definition) is 4. The Morgan fingerprint density at radius 1 is 1.17 bits per heavy atom. The molecule has 0 heterocycles. The fourth-order valence-electron chi connectivity index (χ4n) is 1.90. The van der Waals surface area contributed by atoms with E-state index in [1.165, 1.54) is 13.3 Å². The number of para-hydroxylation sites is 1. The lowest BCUT2D eigenvalue weighted by molar-refractivity contribution is 0.252. The number of hydrazone groups is 1. The molecule has 0 saturated heterocycles. The minimum Gasteiger partial charge on any atom is -0.493 e. The van der Waals surface area contributed by atoms with Gasteiger partial charge in [-0.25, -0.2) is 10.2 Å². The van der Waals surface area contributed by atoms with Gasteiger partial charge in [0.05, 0.1) is 20.4 Å². The summed E-state index contributed by atoms with van der Waals surface area (Å²) in [5.41, 5.74) is 3.62. The second-order valence-electron chi connectivity index (χ2n) is 4.42. The summed E-state index contributed by atoms with van der Waals surface area (Å²) in [7, 11) is 3.09. The van der Waals surface area contributed by atoms with Crippen LogP contribution in [0.25, 0.3) is 0 Å². The molecule has 23 heavy (non-hydrogen) atoms. The van der Waals surface area contributed by atoms with Gasteiger partial charge in [-0.1, -0.05) is 23.7 Å². The number of benzene rings is 2. The number of carbonyl (C=O) groups excluding carboxylic acids is 1. The van der Waals surface area contributed by atoms with E-state index >= 15 is 0 Å². The topological polar surface area (TPSA) is 72.0 Å². The molecule has 120 valence electrons. The quantitative estimate of drug-likeness (QED) is 0.649. The van der Waals surface area contributed by atoms with Gasteiger partial charge >= 0.3 is 6.03 Å². The lowest BCUT2D eigenvalue weighted by atomic mass is 10.2. The maximum Gasteiger partial charge on any atom is 0.339 e. The predicted octanol–water partition coefficient (Wildman–Crippen LogP) is 3.51. The van der Waals surface area contributed by atoms with E-state index in [1.54, 1.807) is 49.6 Å². The van der Waals surface area contributed by atoms with Gasteiger partial charge in [0.2, 0.25) is 0 Å². The number of amides is 2. The van der Waals surface area contributed by atoms with Crippen molar-refractivity contribution in [2.75, 3.05) is 19.5 Å². The fraction of sp³-hybridized carbons (Fsp3) is 0.125. The first-order chi connectivity index (χ1) is 11.1. The Morgan fingerprint density at radius 2 is 1.96 bits per heavy atom. The highest BCUT2D eigenvalue weighted by atomic mass is 35.5. The van der Waals surface area contributed by atoms with Crippen LogP contribution in [0.5, 0.6) is 11.5 Å². The number of halogens is 1. The summed E-state index contributed by atoms with van der Waals surface area (Å²) in [6.45, 7) is 0. The largest absolute Gasteiger partial charge is 0.493 e. The highest BCUT2D eigenvalue weighted by molar-refractivity contribution is 6.30. The smallest absolute Gasteiger partial charge is 0.339 e. The molecule has 0 aliphatic rings. The van der Waals surface area contributed by atoms with Gasteiger partial charge in [-0.05, 0) is 30.3 Å². The SMILES string of the molecule is COc1cccc(C=NNC(=O)Nc2cccc(Cl)c2)c1OC. The molecule has 2 aromatic carbocycles. The van der Waals surface area contributed by atoms with Gasteiger partial charge in [0, 0.05) is 16.3 Å². The molecule has 2 aromatic rings. The van der Waals surface area contributed by atoms with Crippen LogP contribution in [0.1, 0.15) is 5.56 Å². The zero-order chi connectivity index (χ0) is 16.7. The Morgan fingerprint density at radius 3 is 2.65 bits per heavy atom. The summed E-state index contributed by atoms with van der Waals surface area (Å²) in [4.78, 5) is 11.8. The highest BCUT2D eigenvalue weighted by Gasteiger charge is 2.07. The summed E-state index contributed by atoms with van der Waals surface area (Å²) < 4.78 is 10.5. The van der Waals surface area contributed by atoms with E-state index in [9.17, 15) is 4.79 Å². The molecule has 0 aromatic heterocycles. The van der Waals surface area contributed by atoms with Crippen LogP contribution in [-0.2, 0) is 0 Å². The molecule has 0 aliphatic heterocycles. The summed E-state index contributed by atoms with van der Waals surface area (Å²) in [6.07, 6.45) is 1.47. The molecule has 0 atom stereocenters. The van der Waals surface area contributed by atoms with Gasteiger partial charge in [-0.15, -0.1) is 0 Å². The Hall–Kier alpha value is -2.73. The van der Waals surface area contributed by atoms with Crippen molar-refractivity contribution in [2.24, 2.45) is 5.10 Å². The third-order valence-corrected chi connectivity index (χ3v) is 3.12. The molecule has 2 N–H and O–H groups in total. The number of carbonyl (C=O) groups is 1. The van der Waals surface area contributed by atoms with Crippen molar-refractivity contribution >= 4 is 29.5 Å². The number of nitrogens with one attached hydrogen (secondary N) is 2. The number of anilines is 1. The van der Waals surface area contributed by atoms with Crippen molar-refractivity contribution in [3.05, 3.63) is 53.1 Å². The van der Waals surface area contributed by atoms with Crippen molar-refractivity contribution in [3.63, 3.8) is 0 Å². The van der Waals surface area contributed by atoms with Gasteiger partial charge in [-0.2, -0.15) is 5.10 Å². The molecule has 0 aliphatic carbocycles. The van der Waals surface area contributed by atoms with Crippen molar-refractivity contribution in [1.82, 2.24) is 5.43 Å². The molecule has 0 radical (unpaired) electrons. The van der Waals surface area contributed by atoms with Crippen LogP contribution < -0.4 is 20.2 Å². The first-order valence-corrected chi connectivity index (χ1v) is 7.08. The van der Waals surface area contributed by atoms with E-state index in [-0.39, 0.29) is 0 Å². The molecule has 0 unspecified atom stereocenters. The summed E-state index contributed by atoms with van der Waals surface area (Å²) in [5.74, 6) is 1.12. The van der Waals surface area contributed by atoms with Gasteiger partial charge in [0.15, 0.2) is 11.5 Å². The number of ether oxygens (including phenoxy) is 2. The lowest BCUT2D eigenvalue weighted by Crippen LogP contribution is -2.24. The molecular weight excluding hydrogens is 318 g/mol. The minimum absolute atomic E-state index is 0.481. The Bertz CT molecular complexity index is 719. The van der Waals surface area contributed by atoms with Gasteiger partial charge in [0.25, 0.3) is 0 Å². The van der Waals surface area contributed by atoms with E-state index in [1.807, 2.05) is 0 Å². The molecule has 0 fully saturated rings. The Balaban J connectivity index is 2.00. The maximum atomic E-state index is 11.8. The highest BCUT2D eigenvalue weighted by Crippen LogP contribution is 2.29. The summed E-state index contributed by atoms with van der Waals surface area (Å²) in [6, 6.07) is 11.7. The van der Waals surface area contributed by atoms with Crippen molar-refractivity contribution < 1.29 is 14.3 Å². The van der Waals surface area contributed by atoms with Crippen LogP contribution in [0, 0.1) is 0 Å². The molecule has 0 saturated carbocycles. The van der Waals surface area contributed by atoms with Crippen molar-refractivity contribution in [1.29, 1.82) is 0 Å². The third-order valence-electron chi connectivity index (χ3n) is 2.89. The zero-order valence-electron chi connectivity index (χ0n) is 12.7. The number of urea groups is 1. The Labute approximate surface area is 139 Å². The summed E-state index contributed by atoms with van der Waals surface area (Å²) in [5, 5.41) is 7.04. The van der Waals surface area contributed by atoms with Crippen molar-refractivity contribution in [3.8, 4) is 11.5 Å². The summed E-state index contributed by atoms with van der Waals surface area (Å²) >= 11 is 5.85. The van der Waals surface area contributed by atoms with Crippen LogP contribution >= 0.6 is 11.6 Å². The monoisotopic (exact) mass is 333 g/mol. The van der Waals surface area contributed by atoms with Crippen LogP contribution in [0.3, 0.4) is 0 Å². The molecule has 2 amide bonds. The molecular formula is C16H16ClN3O3. The van der Waals surface area contributed by atoms with Crippen LogP contribution in [0.15, 0.2) is 47.6 Å². The van der Waals surface area contributed by atoms with E-state index in [0.717, 1.165) is 0 Å². The third kappa shape index (κ3) is 4.62. The normalized spacial score (nSPS) is 10.4. The molecule has 6 nitrogen and oxygen atoms in total. The number of hydrogen-bond donors (Lipinski definition) is 2. The predicted molar refractivity (Wildman–Crippen MR) is 90.7 cm³/mol. The van der Waals surface area contributed by atoms with Crippen molar-refractivity contribution in [2.45, 2.75) is 0 Å². The first-order valence-electron chi connectivity index (χ1n) is 6.70. The standard InChI is InChI=1S/C16H16ClN3O3/c1-22-14-8-3-5-11(15(14)23-2)10-18-20-16(21)19-13-7-4-6-12(17)9-13/h3-10H,1-2H3,(H2,19,20,21). The number of methoxy groups -OCH3 is 2. The second kappa shape index (κ2) is 8.05. The average molecular weight is 334 g/mol. The van der Waals surface area contributed by atoms with E-state index in [2.05, 4.69) is 15.8 Å². The first kappa shape index (κ1) is 16.6. The van der Waals surface area contributed by atoms with Crippen LogP contribution in [0.2, 0.25) is 5.02 Å². The molecule has 2 rings (SSSR count). The number of rotatable bonds is 5. The number of nitrogens with zero attached hydrogens (tertiary/aromatic N) is 1. The minimum atomic E-state index is -0.481. The zero-order valence-corrected chi connectivity index (χ0v) is 13.4. The van der Waals surface area contributed by atoms with Crippen LogP contribution in [0.4, 0.5) is 10.5 Å². The lowest BCUT2D eigenvalue weighted by Gasteiger charge is -2.09. The maximum absolute atomic E-state index is 11.8. The van der Waals surface area contributed by atoms with E-state index in [0.29, 0.717) is 27.8 Å². The van der Waals surface area contributed by atoms with Gasteiger partial charge in [-0.3, -0.25) is 0 Å².